The highest BCUT2D eigenvalue weighted by atomic mass is 35.5. The Bertz CT molecular complexity index is 1470. The molecule has 31 heavy (non-hydrogen) atoms. The molecule has 0 fully saturated rings. The van der Waals surface area contributed by atoms with Crippen LogP contribution in [0.25, 0.3) is 11.0 Å². The van der Waals surface area contributed by atoms with E-state index in [0.29, 0.717) is 15.6 Å². The number of para-hydroxylation sites is 1. The molecule has 0 bridgehead atoms. The molecule has 0 spiro atoms. The number of carbonyl (C=O) groups is 1. The van der Waals surface area contributed by atoms with Crippen molar-refractivity contribution >= 4 is 61.2 Å². The van der Waals surface area contributed by atoms with Crippen molar-refractivity contribution in [3.63, 3.8) is 0 Å². The molecule has 4 aromatic rings. The summed E-state index contributed by atoms with van der Waals surface area (Å²) in [5.74, 6) is -0.531. The summed E-state index contributed by atoms with van der Waals surface area (Å²) in [5, 5.41) is 3.46. The number of hydrogen-bond acceptors (Lipinski definition) is 6. The van der Waals surface area contributed by atoms with E-state index in [2.05, 4.69) is 10.0 Å². The van der Waals surface area contributed by atoms with E-state index in [1.807, 2.05) is 0 Å². The summed E-state index contributed by atoms with van der Waals surface area (Å²) in [4.78, 5) is 24.5. The normalized spacial score (nSPS) is 11.4. The number of benzene rings is 2. The average Bonchev–Trinajstić information content (AvgIpc) is 3.15. The molecule has 10 heteroatoms. The van der Waals surface area contributed by atoms with Gasteiger partial charge in [-0.3, -0.25) is 9.52 Å². The number of aryl methyl sites for hydroxylation is 1. The van der Waals surface area contributed by atoms with Crippen LogP contribution in [-0.4, -0.2) is 14.3 Å². The number of fused-ring (bicyclic) bond motifs is 1. The van der Waals surface area contributed by atoms with Gasteiger partial charge < -0.3 is 9.73 Å². The molecule has 0 aliphatic rings. The molecule has 0 atom stereocenters. The third kappa shape index (κ3) is 4.48. The topological polar surface area (TPSA) is 105 Å². The summed E-state index contributed by atoms with van der Waals surface area (Å²) in [6.07, 6.45) is 0. The Morgan fingerprint density at radius 1 is 1.06 bits per heavy atom. The Hall–Kier alpha value is -3.14. The number of hydrogen-bond donors (Lipinski definition) is 2. The lowest BCUT2D eigenvalue weighted by Crippen LogP contribution is -2.18. The molecule has 0 unspecified atom stereocenters. The Labute approximate surface area is 186 Å². The summed E-state index contributed by atoms with van der Waals surface area (Å²) in [5.41, 5.74) is 1.26. The van der Waals surface area contributed by atoms with E-state index in [1.165, 1.54) is 30.3 Å². The fraction of sp³-hybridized carbons (Fsp3) is 0.0476. The summed E-state index contributed by atoms with van der Waals surface area (Å²) in [6, 6.07) is 15.4. The second-order valence-electron chi connectivity index (χ2n) is 6.62. The molecule has 0 radical (unpaired) electrons. The standard InChI is InChI=1S/C21H15ClN2O5S2/c1-12-10-19(25)29-17-11-13(6-7-14(12)17)23-21(26)15-4-2-3-5-16(15)24-31(27,28)20-9-8-18(22)30-20/h2-11,24H,1H3,(H,23,26). The lowest BCUT2D eigenvalue weighted by atomic mass is 10.1. The summed E-state index contributed by atoms with van der Waals surface area (Å²) in [6.45, 7) is 1.79. The van der Waals surface area contributed by atoms with Crippen molar-refractivity contribution in [2.24, 2.45) is 0 Å². The van der Waals surface area contributed by atoms with Crippen molar-refractivity contribution in [3.05, 3.63) is 86.5 Å². The first-order valence-electron chi connectivity index (χ1n) is 8.96. The number of halogens is 1. The third-order valence-electron chi connectivity index (χ3n) is 4.44. The van der Waals surface area contributed by atoms with Crippen LogP contribution in [0.3, 0.4) is 0 Å². The second kappa shape index (κ2) is 8.18. The highest BCUT2D eigenvalue weighted by Gasteiger charge is 2.20. The Kier molecular flexibility index (Phi) is 5.57. The lowest BCUT2D eigenvalue weighted by molar-refractivity contribution is 0.102. The monoisotopic (exact) mass is 474 g/mol. The molecule has 0 aliphatic carbocycles. The molecule has 0 aliphatic heterocycles. The molecule has 2 aromatic heterocycles. The molecule has 2 heterocycles. The van der Waals surface area contributed by atoms with Gasteiger partial charge in [0.15, 0.2) is 0 Å². The van der Waals surface area contributed by atoms with E-state index in [-0.39, 0.29) is 15.5 Å². The molecule has 158 valence electrons. The first-order valence-corrected chi connectivity index (χ1v) is 11.6. The zero-order chi connectivity index (χ0) is 22.2. The molecule has 4 rings (SSSR count). The number of anilines is 2. The van der Waals surface area contributed by atoms with E-state index in [0.717, 1.165) is 22.3 Å². The quantitative estimate of drug-likeness (QED) is 0.401. The number of amides is 1. The molecular weight excluding hydrogens is 460 g/mol. The zero-order valence-electron chi connectivity index (χ0n) is 16.0. The average molecular weight is 475 g/mol. The maximum absolute atomic E-state index is 12.9. The van der Waals surface area contributed by atoms with Crippen molar-refractivity contribution in [3.8, 4) is 0 Å². The number of nitrogens with one attached hydrogen (secondary N) is 2. The summed E-state index contributed by atoms with van der Waals surface area (Å²) in [7, 11) is -3.91. The van der Waals surface area contributed by atoms with Gasteiger partial charge in [-0.1, -0.05) is 23.7 Å². The van der Waals surface area contributed by atoms with Crippen LogP contribution in [0.2, 0.25) is 4.34 Å². The fourth-order valence-electron chi connectivity index (χ4n) is 3.01. The number of carbonyl (C=O) groups excluding carboxylic acids is 1. The Morgan fingerprint density at radius 3 is 2.58 bits per heavy atom. The SMILES string of the molecule is Cc1cc(=O)oc2cc(NC(=O)c3ccccc3NS(=O)(=O)c3ccc(Cl)s3)ccc12. The molecule has 2 aromatic carbocycles. The van der Waals surface area contributed by atoms with Crippen LogP contribution < -0.4 is 15.7 Å². The zero-order valence-corrected chi connectivity index (χ0v) is 18.4. The number of sulfonamides is 1. The van der Waals surface area contributed by atoms with Gasteiger partial charge in [-0.05, 0) is 48.9 Å². The van der Waals surface area contributed by atoms with E-state index < -0.39 is 21.6 Å². The van der Waals surface area contributed by atoms with Crippen molar-refractivity contribution in [2.45, 2.75) is 11.1 Å². The molecule has 0 saturated heterocycles. The minimum Gasteiger partial charge on any atom is -0.423 e. The minimum atomic E-state index is -3.91. The smallest absolute Gasteiger partial charge is 0.336 e. The number of thiophene rings is 1. The van der Waals surface area contributed by atoms with Gasteiger partial charge in [0.2, 0.25) is 0 Å². The van der Waals surface area contributed by atoms with Crippen LogP contribution in [0.1, 0.15) is 15.9 Å². The van der Waals surface area contributed by atoms with Gasteiger partial charge in [0.1, 0.15) is 9.79 Å². The van der Waals surface area contributed by atoms with Gasteiger partial charge in [0.25, 0.3) is 15.9 Å². The van der Waals surface area contributed by atoms with Gasteiger partial charge in [-0.25, -0.2) is 13.2 Å². The fourth-order valence-corrected chi connectivity index (χ4v) is 5.57. The lowest BCUT2D eigenvalue weighted by Gasteiger charge is -2.12. The van der Waals surface area contributed by atoms with Gasteiger partial charge in [-0.2, -0.15) is 0 Å². The predicted molar refractivity (Wildman–Crippen MR) is 122 cm³/mol. The maximum Gasteiger partial charge on any atom is 0.336 e. The maximum atomic E-state index is 12.9. The highest BCUT2D eigenvalue weighted by molar-refractivity contribution is 7.94. The van der Waals surface area contributed by atoms with Crippen molar-refractivity contribution < 1.29 is 17.6 Å². The van der Waals surface area contributed by atoms with Crippen LogP contribution in [-0.2, 0) is 10.0 Å². The summed E-state index contributed by atoms with van der Waals surface area (Å²) < 4.78 is 33.3. The van der Waals surface area contributed by atoms with Crippen molar-refractivity contribution in [2.75, 3.05) is 10.0 Å². The molecule has 0 saturated carbocycles. The first kappa shape index (κ1) is 21.1. The van der Waals surface area contributed by atoms with Crippen molar-refractivity contribution in [1.82, 2.24) is 0 Å². The minimum absolute atomic E-state index is 0.0349. The molecular formula is C21H15ClN2O5S2. The number of rotatable bonds is 5. The van der Waals surface area contributed by atoms with Gasteiger partial charge in [0, 0.05) is 23.2 Å². The molecule has 7 nitrogen and oxygen atoms in total. The van der Waals surface area contributed by atoms with E-state index in [9.17, 15) is 18.0 Å². The molecule has 2 N–H and O–H groups in total. The largest absolute Gasteiger partial charge is 0.423 e. The van der Waals surface area contributed by atoms with Crippen LogP contribution in [0.5, 0.6) is 0 Å². The Morgan fingerprint density at radius 2 is 1.84 bits per heavy atom. The van der Waals surface area contributed by atoms with Crippen LogP contribution in [0.15, 0.2) is 74.1 Å². The Balaban J connectivity index is 1.63. The van der Waals surface area contributed by atoms with Crippen LogP contribution in [0, 0.1) is 6.92 Å². The van der Waals surface area contributed by atoms with E-state index in [4.69, 9.17) is 16.0 Å². The van der Waals surface area contributed by atoms with Crippen LogP contribution in [0.4, 0.5) is 11.4 Å². The van der Waals surface area contributed by atoms with Gasteiger partial charge in [-0.15, -0.1) is 11.3 Å². The van der Waals surface area contributed by atoms with E-state index in [1.54, 1.807) is 37.3 Å². The summed E-state index contributed by atoms with van der Waals surface area (Å²) >= 11 is 6.75. The van der Waals surface area contributed by atoms with Gasteiger partial charge in [0.05, 0.1) is 15.6 Å². The predicted octanol–water partition coefficient (Wildman–Crippen LogP) is 4.87. The van der Waals surface area contributed by atoms with Crippen molar-refractivity contribution in [1.29, 1.82) is 0 Å². The second-order valence-corrected chi connectivity index (χ2v) is 10.2. The van der Waals surface area contributed by atoms with Crippen LogP contribution >= 0.6 is 22.9 Å². The van der Waals surface area contributed by atoms with Gasteiger partial charge >= 0.3 is 5.63 Å². The highest BCUT2D eigenvalue weighted by Crippen LogP contribution is 2.28. The third-order valence-corrected chi connectivity index (χ3v) is 7.53. The molecule has 1 amide bonds. The first-order chi connectivity index (χ1) is 14.7. The van der Waals surface area contributed by atoms with E-state index >= 15 is 0 Å².